The van der Waals surface area contributed by atoms with Crippen molar-refractivity contribution in [2.24, 2.45) is 0 Å². The summed E-state index contributed by atoms with van der Waals surface area (Å²) in [5.74, 6) is 0.804. The normalized spacial score (nSPS) is 15.0. The van der Waals surface area contributed by atoms with Crippen LogP contribution in [0, 0.1) is 29.6 Å². The molecule has 1 aliphatic heterocycles. The number of hydrogen-bond donors (Lipinski definition) is 0. The molecule has 0 saturated carbocycles. The first-order valence-electron chi connectivity index (χ1n) is 9.85. The summed E-state index contributed by atoms with van der Waals surface area (Å²) in [4.78, 5) is 6.93. The second-order valence-electron chi connectivity index (χ2n) is 7.47. The van der Waals surface area contributed by atoms with Gasteiger partial charge in [0.25, 0.3) is 0 Å². The lowest BCUT2D eigenvalue weighted by Gasteiger charge is -2.32. The van der Waals surface area contributed by atoms with E-state index in [9.17, 15) is 10.5 Å². The van der Waals surface area contributed by atoms with Crippen LogP contribution in [0.1, 0.15) is 35.2 Å². The molecular weight excluding hydrogens is 360 g/mol. The summed E-state index contributed by atoms with van der Waals surface area (Å²) in [6.45, 7) is 4.60. The zero-order chi connectivity index (χ0) is 20.2. The fourth-order valence-electron chi connectivity index (χ4n) is 3.86. The Morgan fingerprint density at radius 3 is 2.62 bits per heavy atom. The summed E-state index contributed by atoms with van der Waals surface area (Å²) < 4.78 is 6.36. The van der Waals surface area contributed by atoms with Crippen molar-refractivity contribution in [1.29, 1.82) is 10.5 Å². The van der Waals surface area contributed by atoms with Crippen molar-refractivity contribution in [2.45, 2.75) is 32.4 Å². The average Bonchev–Trinajstić information content (AvgIpc) is 2.75. The van der Waals surface area contributed by atoms with Crippen LogP contribution >= 0.6 is 0 Å². The van der Waals surface area contributed by atoms with Crippen LogP contribution < -0.4 is 4.74 Å². The fourth-order valence-corrected chi connectivity index (χ4v) is 3.86. The average molecular weight is 382 g/mol. The topological polar surface area (TPSA) is 72.9 Å². The maximum atomic E-state index is 9.29. The fraction of sp³-hybridized carbons (Fsp3) is 0.292. The molecule has 1 saturated heterocycles. The Morgan fingerprint density at radius 1 is 1.07 bits per heavy atom. The summed E-state index contributed by atoms with van der Waals surface area (Å²) in [5.41, 5.74) is 4.19. The van der Waals surface area contributed by atoms with E-state index in [2.05, 4.69) is 22.0 Å². The van der Waals surface area contributed by atoms with E-state index in [4.69, 9.17) is 4.74 Å². The summed E-state index contributed by atoms with van der Waals surface area (Å²) in [7, 11) is 0. The Hall–Kier alpha value is -3.41. The van der Waals surface area contributed by atoms with E-state index in [1.54, 1.807) is 6.07 Å². The van der Waals surface area contributed by atoms with E-state index < -0.39 is 0 Å². The van der Waals surface area contributed by atoms with Gasteiger partial charge in [0, 0.05) is 36.8 Å². The van der Waals surface area contributed by atoms with E-state index in [0.717, 1.165) is 65.9 Å². The van der Waals surface area contributed by atoms with Crippen LogP contribution in [0.25, 0.3) is 10.9 Å². The zero-order valence-electron chi connectivity index (χ0n) is 16.4. The molecule has 29 heavy (non-hydrogen) atoms. The minimum absolute atomic E-state index is 0.133. The molecule has 4 rings (SSSR count). The maximum absolute atomic E-state index is 9.29. The highest BCUT2D eigenvalue weighted by atomic mass is 16.5. The molecule has 0 N–H and O–H groups in total. The van der Waals surface area contributed by atoms with Crippen molar-refractivity contribution in [3.63, 3.8) is 0 Å². The van der Waals surface area contributed by atoms with Gasteiger partial charge in [0.2, 0.25) is 0 Å². The summed E-state index contributed by atoms with van der Waals surface area (Å²) in [5, 5.41) is 19.4. The molecule has 0 unspecified atom stereocenters. The number of aryl methyl sites for hydroxylation is 1. The smallest absolute Gasteiger partial charge is 0.130 e. The third-order valence-electron chi connectivity index (χ3n) is 5.39. The number of aromatic nitrogens is 1. The van der Waals surface area contributed by atoms with Crippen LogP contribution in [0.3, 0.4) is 0 Å². The number of ether oxygens (including phenoxy) is 1. The molecule has 3 aromatic rings. The van der Waals surface area contributed by atoms with Gasteiger partial charge in [-0.3, -0.25) is 9.88 Å². The SMILES string of the molecule is Cc1cc(OC2CCN(Cc3ccccc3C#N)CC2)c2cc(C#N)ccc2n1. The third kappa shape index (κ3) is 4.21. The van der Waals surface area contributed by atoms with Gasteiger partial charge < -0.3 is 4.74 Å². The lowest BCUT2D eigenvalue weighted by Crippen LogP contribution is -2.38. The van der Waals surface area contributed by atoms with Gasteiger partial charge in [0.05, 0.1) is 28.8 Å². The lowest BCUT2D eigenvalue weighted by molar-refractivity contribution is 0.0978. The van der Waals surface area contributed by atoms with Gasteiger partial charge in [-0.05, 0) is 49.6 Å². The molecular formula is C24H22N4O. The van der Waals surface area contributed by atoms with E-state index in [-0.39, 0.29) is 6.10 Å². The number of likely N-dealkylation sites (tertiary alicyclic amines) is 1. The second-order valence-corrected chi connectivity index (χ2v) is 7.47. The predicted molar refractivity (Wildman–Crippen MR) is 111 cm³/mol. The Bertz CT molecular complexity index is 1120. The van der Waals surface area contributed by atoms with Crippen LogP contribution in [0.2, 0.25) is 0 Å². The van der Waals surface area contributed by atoms with Crippen molar-refractivity contribution in [3.8, 4) is 17.9 Å². The van der Waals surface area contributed by atoms with E-state index in [0.29, 0.717) is 5.56 Å². The van der Waals surface area contributed by atoms with E-state index in [1.165, 1.54) is 0 Å². The molecule has 1 aromatic heterocycles. The highest BCUT2D eigenvalue weighted by Crippen LogP contribution is 2.29. The summed E-state index contributed by atoms with van der Waals surface area (Å²) in [6.07, 6.45) is 1.98. The minimum Gasteiger partial charge on any atom is -0.490 e. The van der Waals surface area contributed by atoms with Crippen LogP contribution in [-0.2, 0) is 6.54 Å². The van der Waals surface area contributed by atoms with Crippen LogP contribution in [0.4, 0.5) is 0 Å². The van der Waals surface area contributed by atoms with Gasteiger partial charge in [-0.1, -0.05) is 18.2 Å². The molecule has 0 spiro atoms. The Kier molecular flexibility index (Phi) is 5.42. The Morgan fingerprint density at radius 2 is 1.86 bits per heavy atom. The zero-order valence-corrected chi connectivity index (χ0v) is 16.4. The van der Waals surface area contributed by atoms with E-state index >= 15 is 0 Å². The van der Waals surface area contributed by atoms with Crippen LogP contribution in [-0.4, -0.2) is 29.1 Å². The van der Waals surface area contributed by atoms with Crippen molar-refractivity contribution < 1.29 is 4.74 Å². The number of fused-ring (bicyclic) bond motifs is 1. The quantitative estimate of drug-likeness (QED) is 0.671. The largest absolute Gasteiger partial charge is 0.490 e. The molecule has 0 bridgehead atoms. The Balaban J connectivity index is 1.45. The van der Waals surface area contributed by atoms with Gasteiger partial charge in [0.1, 0.15) is 11.9 Å². The lowest BCUT2D eigenvalue weighted by atomic mass is 10.0. The molecule has 2 heterocycles. The molecule has 5 nitrogen and oxygen atoms in total. The highest BCUT2D eigenvalue weighted by molar-refractivity contribution is 5.86. The van der Waals surface area contributed by atoms with Gasteiger partial charge in [-0.15, -0.1) is 0 Å². The predicted octanol–water partition coefficient (Wildman–Crippen LogP) is 4.33. The number of pyridine rings is 1. The first kappa shape index (κ1) is 18.9. The molecule has 144 valence electrons. The number of piperidine rings is 1. The molecule has 5 heteroatoms. The maximum Gasteiger partial charge on any atom is 0.130 e. The molecule has 0 aliphatic carbocycles. The second kappa shape index (κ2) is 8.31. The third-order valence-corrected chi connectivity index (χ3v) is 5.39. The number of benzene rings is 2. The number of nitrogens with zero attached hydrogens (tertiary/aromatic N) is 4. The molecule has 0 atom stereocenters. The monoisotopic (exact) mass is 382 g/mol. The molecule has 2 aromatic carbocycles. The van der Waals surface area contributed by atoms with Gasteiger partial charge in [-0.2, -0.15) is 10.5 Å². The molecule has 0 amide bonds. The minimum atomic E-state index is 0.133. The summed E-state index contributed by atoms with van der Waals surface area (Å²) in [6, 6.07) is 19.7. The summed E-state index contributed by atoms with van der Waals surface area (Å²) >= 11 is 0. The van der Waals surface area contributed by atoms with Gasteiger partial charge in [-0.25, -0.2) is 0 Å². The number of nitriles is 2. The van der Waals surface area contributed by atoms with Crippen LogP contribution in [0.15, 0.2) is 48.5 Å². The van der Waals surface area contributed by atoms with Gasteiger partial charge in [0.15, 0.2) is 0 Å². The van der Waals surface area contributed by atoms with Crippen molar-refractivity contribution in [2.75, 3.05) is 13.1 Å². The highest BCUT2D eigenvalue weighted by Gasteiger charge is 2.22. The van der Waals surface area contributed by atoms with Crippen molar-refractivity contribution >= 4 is 10.9 Å². The standard InChI is InChI=1S/C24H22N4O/c1-17-12-24(22-13-18(14-25)6-7-23(22)27-17)29-21-8-10-28(11-9-21)16-20-5-3-2-4-19(20)15-26/h2-7,12-13,21H,8-11,16H2,1H3. The Labute approximate surface area is 170 Å². The van der Waals surface area contributed by atoms with Crippen molar-refractivity contribution in [3.05, 3.63) is 70.9 Å². The van der Waals surface area contributed by atoms with Gasteiger partial charge >= 0.3 is 0 Å². The molecule has 1 fully saturated rings. The van der Waals surface area contributed by atoms with E-state index in [1.807, 2.05) is 49.4 Å². The molecule has 0 radical (unpaired) electrons. The first-order chi connectivity index (χ1) is 14.2. The van der Waals surface area contributed by atoms with Crippen LogP contribution in [0.5, 0.6) is 5.75 Å². The first-order valence-corrected chi connectivity index (χ1v) is 9.85. The molecule has 1 aliphatic rings. The van der Waals surface area contributed by atoms with Crippen molar-refractivity contribution in [1.82, 2.24) is 9.88 Å². The number of hydrogen-bond acceptors (Lipinski definition) is 5. The number of rotatable bonds is 4.